The number of nitrogens with two attached hydrogens (primary N) is 1. The van der Waals surface area contributed by atoms with E-state index in [1.807, 2.05) is 0 Å². The number of anilines is 1. The van der Waals surface area contributed by atoms with Gasteiger partial charge in [0, 0.05) is 17.5 Å². The molecule has 1 unspecified atom stereocenters. The molecular formula is C11H15FN2O2S2. The summed E-state index contributed by atoms with van der Waals surface area (Å²) < 4.78 is 39.9. The van der Waals surface area contributed by atoms with Crippen molar-refractivity contribution in [1.82, 2.24) is 4.72 Å². The van der Waals surface area contributed by atoms with Crippen LogP contribution in [0.5, 0.6) is 0 Å². The SMILES string of the molecule is Nc1cc(F)cc(S(=O)(=O)NC2CCCSC2)c1. The molecule has 1 fully saturated rings. The van der Waals surface area contributed by atoms with Gasteiger partial charge >= 0.3 is 0 Å². The van der Waals surface area contributed by atoms with Crippen LogP contribution in [0.3, 0.4) is 0 Å². The largest absolute Gasteiger partial charge is 0.399 e. The molecule has 0 amide bonds. The molecule has 1 aliphatic rings. The zero-order valence-electron chi connectivity index (χ0n) is 9.73. The van der Waals surface area contributed by atoms with Gasteiger partial charge in [-0.25, -0.2) is 17.5 Å². The van der Waals surface area contributed by atoms with Crippen molar-refractivity contribution in [3.05, 3.63) is 24.0 Å². The minimum Gasteiger partial charge on any atom is -0.399 e. The Kier molecular flexibility index (Phi) is 4.14. The van der Waals surface area contributed by atoms with Gasteiger partial charge in [-0.2, -0.15) is 11.8 Å². The first-order valence-electron chi connectivity index (χ1n) is 5.63. The molecule has 1 saturated heterocycles. The third-order valence-corrected chi connectivity index (χ3v) is 5.40. The molecule has 1 aliphatic heterocycles. The van der Waals surface area contributed by atoms with Crippen molar-refractivity contribution in [3.8, 4) is 0 Å². The summed E-state index contributed by atoms with van der Waals surface area (Å²) in [5, 5.41) is 0. The summed E-state index contributed by atoms with van der Waals surface area (Å²) in [4.78, 5) is -0.115. The van der Waals surface area contributed by atoms with Crippen molar-refractivity contribution in [2.45, 2.75) is 23.8 Å². The third kappa shape index (κ3) is 3.37. The Morgan fingerprint density at radius 2 is 2.17 bits per heavy atom. The van der Waals surface area contributed by atoms with Gasteiger partial charge < -0.3 is 5.73 Å². The predicted octanol–water partition coefficient (Wildman–Crippen LogP) is 1.58. The molecule has 0 spiro atoms. The van der Waals surface area contributed by atoms with Crippen LogP contribution in [0.4, 0.5) is 10.1 Å². The normalized spacial score (nSPS) is 20.8. The summed E-state index contributed by atoms with van der Waals surface area (Å²) in [6.45, 7) is 0. The van der Waals surface area contributed by atoms with Gasteiger partial charge in [-0.05, 0) is 36.8 Å². The van der Waals surface area contributed by atoms with Crippen LogP contribution in [0, 0.1) is 5.82 Å². The van der Waals surface area contributed by atoms with Crippen LogP contribution in [0.25, 0.3) is 0 Å². The van der Waals surface area contributed by atoms with Gasteiger partial charge in [-0.1, -0.05) is 0 Å². The van der Waals surface area contributed by atoms with Gasteiger partial charge in [0.25, 0.3) is 0 Å². The fourth-order valence-corrected chi connectivity index (χ4v) is 4.37. The standard InChI is InChI=1S/C11H15FN2O2S2/c12-8-4-9(13)6-11(5-8)18(15,16)14-10-2-1-3-17-7-10/h4-6,10,14H,1-3,7,13H2. The monoisotopic (exact) mass is 290 g/mol. The van der Waals surface area contributed by atoms with E-state index in [4.69, 9.17) is 5.73 Å². The molecule has 1 heterocycles. The molecule has 0 bridgehead atoms. The molecule has 0 saturated carbocycles. The number of nitrogens with one attached hydrogen (secondary N) is 1. The maximum absolute atomic E-state index is 13.2. The van der Waals surface area contributed by atoms with Crippen LogP contribution in [-0.4, -0.2) is 26.0 Å². The minimum absolute atomic E-state index is 0.0850. The zero-order chi connectivity index (χ0) is 13.2. The van der Waals surface area contributed by atoms with Crippen molar-refractivity contribution in [2.75, 3.05) is 17.2 Å². The second-order valence-corrected chi connectivity index (χ2v) is 7.12. The Hall–Kier alpha value is -0.790. The molecule has 7 heteroatoms. The van der Waals surface area contributed by atoms with Crippen LogP contribution in [0.2, 0.25) is 0 Å². The lowest BCUT2D eigenvalue weighted by Crippen LogP contribution is -2.38. The number of hydrogen-bond donors (Lipinski definition) is 2. The van der Waals surface area contributed by atoms with Crippen LogP contribution in [0.15, 0.2) is 23.1 Å². The highest BCUT2D eigenvalue weighted by Crippen LogP contribution is 2.20. The van der Waals surface area contributed by atoms with Gasteiger partial charge in [0.2, 0.25) is 10.0 Å². The topological polar surface area (TPSA) is 72.2 Å². The summed E-state index contributed by atoms with van der Waals surface area (Å²) >= 11 is 1.72. The number of thioether (sulfide) groups is 1. The Morgan fingerprint density at radius 3 is 2.78 bits per heavy atom. The lowest BCUT2D eigenvalue weighted by Gasteiger charge is -2.22. The highest BCUT2D eigenvalue weighted by atomic mass is 32.2. The smallest absolute Gasteiger partial charge is 0.241 e. The summed E-state index contributed by atoms with van der Waals surface area (Å²) in [6.07, 6.45) is 1.81. The van der Waals surface area contributed by atoms with E-state index in [0.717, 1.165) is 36.5 Å². The Labute approximate surface area is 110 Å². The number of rotatable bonds is 3. The average molecular weight is 290 g/mol. The molecule has 0 radical (unpaired) electrons. The molecule has 18 heavy (non-hydrogen) atoms. The van der Waals surface area contributed by atoms with E-state index in [0.29, 0.717) is 0 Å². The van der Waals surface area contributed by atoms with Crippen molar-refractivity contribution >= 4 is 27.5 Å². The Morgan fingerprint density at radius 1 is 1.39 bits per heavy atom. The third-order valence-electron chi connectivity index (χ3n) is 2.69. The number of benzene rings is 1. The van der Waals surface area contributed by atoms with Crippen LogP contribution < -0.4 is 10.5 Å². The van der Waals surface area contributed by atoms with Gasteiger partial charge in [0.1, 0.15) is 5.82 Å². The highest BCUT2D eigenvalue weighted by Gasteiger charge is 2.22. The number of hydrogen-bond acceptors (Lipinski definition) is 4. The van der Waals surface area contributed by atoms with Crippen molar-refractivity contribution in [1.29, 1.82) is 0 Å². The molecule has 2 rings (SSSR count). The minimum atomic E-state index is -3.69. The molecule has 0 aliphatic carbocycles. The Bertz CT molecular complexity index is 508. The molecule has 1 atom stereocenters. The molecule has 1 aromatic rings. The second-order valence-electron chi connectivity index (χ2n) is 4.26. The van der Waals surface area contributed by atoms with E-state index in [9.17, 15) is 12.8 Å². The van der Waals surface area contributed by atoms with Gasteiger partial charge in [0.15, 0.2) is 0 Å². The maximum atomic E-state index is 13.2. The lowest BCUT2D eigenvalue weighted by molar-refractivity contribution is 0.541. The summed E-state index contributed by atoms with van der Waals surface area (Å²) in [5.74, 6) is 1.17. The van der Waals surface area contributed by atoms with E-state index < -0.39 is 15.8 Å². The molecule has 0 aromatic heterocycles. The molecule has 1 aromatic carbocycles. The molecule has 3 N–H and O–H groups in total. The summed E-state index contributed by atoms with van der Waals surface area (Å²) in [7, 11) is -3.69. The fraction of sp³-hybridized carbons (Fsp3) is 0.455. The van der Waals surface area contributed by atoms with Crippen LogP contribution >= 0.6 is 11.8 Å². The van der Waals surface area contributed by atoms with Gasteiger partial charge in [-0.15, -0.1) is 0 Å². The summed E-state index contributed by atoms with van der Waals surface area (Å²) in [5.41, 5.74) is 5.56. The van der Waals surface area contributed by atoms with Crippen LogP contribution in [0.1, 0.15) is 12.8 Å². The van der Waals surface area contributed by atoms with E-state index in [1.54, 1.807) is 11.8 Å². The van der Waals surface area contributed by atoms with Crippen molar-refractivity contribution in [2.24, 2.45) is 0 Å². The maximum Gasteiger partial charge on any atom is 0.241 e. The predicted molar refractivity (Wildman–Crippen MR) is 71.5 cm³/mol. The average Bonchev–Trinajstić information content (AvgIpc) is 2.28. The first kappa shape index (κ1) is 13.6. The fourth-order valence-electron chi connectivity index (χ4n) is 1.86. The number of sulfonamides is 1. The molecule has 4 nitrogen and oxygen atoms in total. The number of nitrogen functional groups attached to an aromatic ring is 1. The van der Waals surface area contributed by atoms with Gasteiger partial charge in [-0.3, -0.25) is 0 Å². The van der Waals surface area contributed by atoms with Crippen LogP contribution in [-0.2, 0) is 10.0 Å². The Balaban J connectivity index is 2.19. The van der Waals surface area contributed by atoms with E-state index in [2.05, 4.69) is 4.72 Å². The lowest BCUT2D eigenvalue weighted by atomic mass is 10.2. The van der Waals surface area contributed by atoms with E-state index in [1.165, 1.54) is 6.07 Å². The second kappa shape index (κ2) is 5.46. The zero-order valence-corrected chi connectivity index (χ0v) is 11.4. The molecular weight excluding hydrogens is 275 g/mol. The van der Waals surface area contributed by atoms with Crippen molar-refractivity contribution < 1.29 is 12.8 Å². The van der Waals surface area contributed by atoms with E-state index in [-0.39, 0.29) is 16.6 Å². The first-order chi connectivity index (χ1) is 8.47. The highest BCUT2D eigenvalue weighted by molar-refractivity contribution is 7.99. The van der Waals surface area contributed by atoms with Gasteiger partial charge in [0.05, 0.1) is 4.90 Å². The quantitative estimate of drug-likeness (QED) is 0.829. The summed E-state index contributed by atoms with van der Waals surface area (Å²) in [6, 6.07) is 3.25. The molecule has 100 valence electrons. The van der Waals surface area contributed by atoms with Crippen molar-refractivity contribution in [3.63, 3.8) is 0 Å². The first-order valence-corrected chi connectivity index (χ1v) is 8.27. The number of halogens is 1. The van der Waals surface area contributed by atoms with E-state index >= 15 is 0 Å².